The molecule has 0 amide bonds. The van der Waals surface area contributed by atoms with E-state index in [1.807, 2.05) is 0 Å². The first-order valence-corrected chi connectivity index (χ1v) is 7.78. The van der Waals surface area contributed by atoms with Crippen molar-refractivity contribution in [2.75, 3.05) is 6.54 Å². The third-order valence-electron chi connectivity index (χ3n) is 2.53. The third-order valence-corrected chi connectivity index (χ3v) is 5.28. The second kappa shape index (κ2) is 5.72. The first-order valence-electron chi connectivity index (χ1n) is 5.42. The number of hydrogen-bond donors (Lipinski definition) is 2. The zero-order valence-corrected chi connectivity index (χ0v) is 13.0. The first-order chi connectivity index (χ1) is 8.36. The lowest BCUT2D eigenvalue weighted by Crippen LogP contribution is -2.48. The van der Waals surface area contributed by atoms with Crippen LogP contribution >= 0.6 is 23.7 Å². The monoisotopic (exact) mass is 321 g/mol. The average molecular weight is 322 g/mol. The fraction of sp³-hybridized carbons (Fsp3) is 0.364. The lowest BCUT2D eigenvalue weighted by atomic mass is 10.1. The summed E-state index contributed by atoms with van der Waals surface area (Å²) in [5, 5.41) is 0. The number of rotatable bonds is 4. The minimum atomic E-state index is -3.59. The molecule has 106 valence electrons. The van der Waals surface area contributed by atoms with Crippen LogP contribution in [-0.4, -0.2) is 25.5 Å². The molecule has 19 heavy (non-hydrogen) atoms. The molecule has 8 heteroatoms. The van der Waals surface area contributed by atoms with E-state index in [0.717, 1.165) is 0 Å². The molecular weight excluding hydrogens is 306 g/mol. The van der Waals surface area contributed by atoms with E-state index in [0.29, 0.717) is 10.2 Å². The van der Waals surface area contributed by atoms with E-state index in [9.17, 15) is 8.42 Å². The van der Waals surface area contributed by atoms with Gasteiger partial charge in [-0.3, -0.25) is 0 Å². The van der Waals surface area contributed by atoms with Crippen molar-refractivity contribution in [3.63, 3.8) is 0 Å². The maximum atomic E-state index is 12.3. The summed E-state index contributed by atoms with van der Waals surface area (Å²) < 4.78 is 27.9. The maximum absolute atomic E-state index is 12.3. The zero-order chi connectivity index (χ0) is 13.4. The highest BCUT2D eigenvalue weighted by atomic mass is 35.5. The fourth-order valence-electron chi connectivity index (χ4n) is 1.53. The van der Waals surface area contributed by atoms with Crippen LogP contribution in [-0.2, 0) is 10.0 Å². The number of nitrogens with one attached hydrogen (secondary N) is 1. The van der Waals surface area contributed by atoms with E-state index in [-0.39, 0.29) is 23.8 Å². The SMILES string of the molecule is CC(C)(CN)NS(=O)(=O)c1cccc2ncsc12.Cl. The van der Waals surface area contributed by atoms with Crippen LogP contribution in [0.5, 0.6) is 0 Å². The Balaban J connectivity index is 0.00000180. The molecule has 2 aromatic rings. The molecule has 0 aliphatic rings. The van der Waals surface area contributed by atoms with E-state index < -0.39 is 15.6 Å². The van der Waals surface area contributed by atoms with Gasteiger partial charge in [-0.15, -0.1) is 23.7 Å². The molecule has 1 aromatic carbocycles. The average Bonchev–Trinajstić information content (AvgIpc) is 2.75. The second-order valence-electron chi connectivity index (χ2n) is 4.65. The minimum Gasteiger partial charge on any atom is -0.329 e. The molecule has 3 N–H and O–H groups in total. The zero-order valence-electron chi connectivity index (χ0n) is 10.6. The molecular formula is C11H16ClN3O2S2. The van der Waals surface area contributed by atoms with Crippen molar-refractivity contribution in [2.24, 2.45) is 5.73 Å². The number of hydrogen-bond acceptors (Lipinski definition) is 5. The largest absolute Gasteiger partial charge is 0.329 e. The summed E-state index contributed by atoms with van der Waals surface area (Å²) in [6.45, 7) is 3.72. The summed E-state index contributed by atoms with van der Waals surface area (Å²) in [7, 11) is -3.59. The highest BCUT2D eigenvalue weighted by Crippen LogP contribution is 2.26. The molecule has 0 aliphatic carbocycles. The van der Waals surface area contributed by atoms with Crippen LogP contribution in [0.2, 0.25) is 0 Å². The predicted octanol–water partition coefficient (Wildman–Crippen LogP) is 1.73. The molecule has 1 aromatic heterocycles. The van der Waals surface area contributed by atoms with Crippen LogP contribution in [0.15, 0.2) is 28.6 Å². The van der Waals surface area contributed by atoms with Crippen LogP contribution in [0.3, 0.4) is 0 Å². The maximum Gasteiger partial charge on any atom is 0.242 e. The molecule has 0 saturated heterocycles. The lowest BCUT2D eigenvalue weighted by Gasteiger charge is -2.23. The third kappa shape index (κ3) is 3.43. The number of sulfonamides is 1. The van der Waals surface area contributed by atoms with Crippen LogP contribution in [0.4, 0.5) is 0 Å². The lowest BCUT2D eigenvalue weighted by molar-refractivity contribution is 0.463. The van der Waals surface area contributed by atoms with Crippen molar-refractivity contribution in [3.8, 4) is 0 Å². The molecule has 0 bridgehead atoms. The Hall–Kier alpha value is -0.730. The minimum absolute atomic E-state index is 0. The fourth-order valence-corrected chi connectivity index (χ4v) is 4.23. The van der Waals surface area contributed by atoms with Gasteiger partial charge in [0.15, 0.2) is 0 Å². The molecule has 0 atom stereocenters. The number of fused-ring (bicyclic) bond motifs is 1. The molecule has 0 aliphatic heterocycles. The van der Waals surface area contributed by atoms with Crippen molar-refractivity contribution in [1.82, 2.24) is 9.71 Å². The number of halogens is 1. The molecule has 2 rings (SSSR count). The van der Waals surface area contributed by atoms with Gasteiger partial charge in [0.2, 0.25) is 10.0 Å². The Morgan fingerprint density at radius 3 is 2.74 bits per heavy atom. The van der Waals surface area contributed by atoms with Crippen LogP contribution in [0.25, 0.3) is 10.2 Å². The molecule has 5 nitrogen and oxygen atoms in total. The Bertz CT molecular complexity index is 667. The highest BCUT2D eigenvalue weighted by molar-refractivity contribution is 7.90. The van der Waals surface area contributed by atoms with Gasteiger partial charge < -0.3 is 5.73 Å². The Labute approximate surface area is 122 Å². The summed E-state index contributed by atoms with van der Waals surface area (Å²) in [5.74, 6) is 0. The van der Waals surface area contributed by atoms with Gasteiger partial charge in [-0.25, -0.2) is 18.1 Å². The molecule has 0 saturated carbocycles. The van der Waals surface area contributed by atoms with Gasteiger partial charge in [-0.05, 0) is 26.0 Å². The van der Waals surface area contributed by atoms with E-state index in [2.05, 4.69) is 9.71 Å². The van der Waals surface area contributed by atoms with E-state index in [1.54, 1.807) is 37.6 Å². The molecule has 0 radical (unpaired) electrons. The summed E-state index contributed by atoms with van der Waals surface area (Å²) in [6.07, 6.45) is 0. The van der Waals surface area contributed by atoms with E-state index in [4.69, 9.17) is 5.73 Å². The van der Waals surface area contributed by atoms with Gasteiger partial charge in [-0.1, -0.05) is 6.07 Å². The summed E-state index contributed by atoms with van der Waals surface area (Å²) >= 11 is 1.31. The molecule has 0 fully saturated rings. The van der Waals surface area contributed by atoms with Gasteiger partial charge in [0.05, 0.1) is 15.7 Å². The molecule has 0 unspecified atom stereocenters. The van der Waals surface area contributed by atoms with Crippen molar-refractivity contribution in [3.05, 3.63) is 23.7 Å². The second-order valence-corrected chi connectivity index (χ2v) is 7.16. The predicted molar refractivity (Wildman–Crippen MR) is 80.3 cm³/mol. The van der Waals surface area contributed by atoms with E-state index in [1.165, 1.54) is 11.3 Å². The van der Waals surface area contributed by atoms with Crippen molar-refractivity contribution >= 4 is 44.0 Å². The Kier molecular flexibility index (Phi) is 4.91. The Morgan fingerprint density at radius 1 is 1.42 bits per heavy atom. The number of benzene rings is 1. The number of thiazole rings is 1. The number of aromatic nitrogens is 1. The Morgan fingerprint density at radius 2 is 2.11 bits per heavy atom. The van der Waals surface area contributed by atoms with Gasteiger partial charge in [0, 0.05) is 12.1 Å². The van der Waals surface area contributed by atoms with Crippen LogP contribution in [0.1, 0.15) is 13.8 Å². The number of nitrogens with two attached hydrogens (primary N) is 1. The van der Waals surface area contributed by atoms with Crippen molar-refractivity contribution < 1.29 is 8.42 Å². The van der Waals surface area contributed by atoms with Crippen LogP contribution in [0, 0.1) is 0 Å². The normalized spacial score (nSPS) is 12.4. The van der Waals surface area contributed by atoms with Gasteiger partial charge >= 0.3 is 0 Å². The van der Waals surface area contributed by atoms with Gasteiger partial charge in [-0.2, -0.15) is 0 Å². The van der Waals surface area contributed by atoms with Gasteiger partial charge in [0.25, 0.3) is 0 Å². The first kappa shape index (κ1) is 16.3. The van der Waals surface area contributed by atoms with E-state index >= 15 is 0 Å². The van der Waals surface area contributed by atoms with Crippen LogP contribution < -0.4 is 10.5 Å². The highest BCUT2D eigenvalue weighted by Gasteiger charge is 2.26. The summed E-state index contributed by atoms with van der Waals surface area (Å²) in [4.78, 5) is 4.36. The quantitative estimate of drug-likeness (QED) is 0.898. The number of nitrogens with zero attached hydrogens (tertiary/aromatic N) is 1. The standard InChI is InChI=1S/C11H15N3O2S2.ClH/c1-11(2,6-12)14-18(15,16)9-5-3-4-8-10(9)17-7-13-8;/h3-5,7,14H,6,12H2,1-2H3;1H. The molecule has 0 spiro atoms. The smallest absolute Gasteiger partial charge is 0.242 e. The van der Waals surface area contributed by atoms with Crippen molar-refractivity contribution in [2.45, 2.75) is 24.3 Å². The topological polar surface area (TPSA) is 85.1 Å². The summed E-state index contributed by atoms with van der Waals surface area (Å²) in [5.41, 5.74) is 7.20. The molecule has 1 heterocycles. The van der Waals surface area contributed by atoms with Crippen molar-refractivity contribution in [1.29, 1.82) is 0 Å². The van der Waals surface area contributed by atoms with Gasteiger partial charge in [0.1, 0.15) is 4.90 Å². The summed E-state index contributed by atoms with van der Waals surface area (Å²) in [6, 6.07) is 5.06.